The van der Waals surface area contributed by atoms with E-state index < -0.39 is 51.6 Å². The molecule has 0 radical (unpaired) electrons. The van der Waals surface area contributed by atoms with Crippen LogP contribution in [0.5, 0.6) is 0 Å². The Bertz CT molecular complexity index is 579. The van der Waals surface area contributed by atoms with Crippen molar-refractivity contribution in [3.05, 3.63) is 11.8 Å². The summed E-state index contributed by atoms with van der Waals surface area (Å²) in [6, 6.07) is 0. The summed E-state index contributed by atoms with van der Waals surface area (Å²) < 4.78 is 71.6. The molecule has 0 heterocycles. The van der Waals surface area contributed by atoms with Gasteiger partial charge in [-0.3, -0.25) is 9.59 Å². The van der Waals surface area contributed by atoms with Gasteiger partial charge in [-0.05, 0) is 12.5 Å². The molecule has 0 amide bonds. The molecule has 0 spiro atoms. The number of methoxy groups -OCH3 is 2. The second kappa shape index (κ2) is 6.55. The van der Waals surface area contributed by atoms with Crippen molar-refractivity contribution in [3.8, 4) is 0 Å². The molecule has 22 heavy (non-hydrogen) atoms. The summed E-state index contributed by atoms with van der Waals surface area (Å²) in [6.45, 7) is 0. The van der Waals surface area contributed by atoms with Crippen LogP contribution in [-0.4, -0.2) is 40.1 Å². The van der Waals surface area contributed by atoms with Crippen molar-refractivity contribution in [2.75, 3.05) is 14.2 Å². The monoisotopic (exact) mass is 346 g/mol. The third kappa shape index (κ3) is 3.90. The molecule has 11 heteroatoms. The smallest absolute Gasteiger partial charge is 0.469 e. The molecule has 0 aliphatic heterocycles. The standard InChI is InChI=1S/C11H13F3O7S/c1-19-9(15)7-4-3-6(5-8(7)10(16)20-2)21-22(17,18)11(12,13)14/h3,7-8H,4-5H2,1-2H3. The van der Waals surface area contributed by atoms with E-state index in [4.69, 9.17) is 0 Å². The number of alkyl halides is 3. The maximum atomic E-state index is 12.3. The first-order valence-electron chi connectivity index (χ1n) is 5.89. The molecule has 126 valence electrons. The van der Waals surface area contributed by atoms with Gasteiger partial charge in [0.25, 0.3) is 0 Å². The first-order chi connectivity index (χ1) is 10.0. The Morgan fingerprint density at radius 2 is 1.64 bits per heavy atom. The van der Waals surface area contributed by atoms with Gasteiger partial charge in [0.15, 0.2) is 0 Å². The van der Waals surface area contributed by atoms with Crippen LogP contribution in [-0.2, 0) is 33.4 Å². The van der Waals surface area contributed by atoms with Crippen molar-refractivity contribution in [2.24, 2.45) is 11.8 Å². The molecule has 0 aromatic heterocycles. The first kappa shape index (κ1) is 18.3. The molecule has 0 saturated heterocycles. The Morgan fingerprint density at radius 3 is 2.09 bits per heavy atom. The van der Waals surface area contributed by atoms with E-state index in [0.717, 1.165) is 20.3 Å². The molecule has 0 aromatic rings. The first-order valence-corrected chi connectivity index (χ1v) is 7.29. The van der Waals surface area contributed by atoms with Crippen LogP contribution in [0, 0.1) is 11.8 Å². The molecule has 2 unspecified atom stereocenters. The van der Waals surface area contributed by atoms with E-state index in [9.17, 15) is 31.2 Å². The Kier molecular flexibility index (Phi) is 5.44. The summed E-state index contributed by atoms with van der Waals surface area (Å²) in [5, 5.41) is 0. The number of ether oxygens (including phenoxy) is 2. The summed E-state index contributed by atoms with van der Waals surface area (Å²) in [5.41, 5.74) is -5.59. The Labute approximate surface area is 124 Å². The van der Waals surface area contributed by atoms with Gasteiger partial charge in [-0.2, -0.15) is 21.6 Å². The van der Waals surface area contributed by atoms with Gasteiger partial charge in [0.2, 0.25) is 0 Å². The molecule has 7 nitrogen and oxygen atoms in total. The van der Waals surface area contributed by atoms with E-state index in [1.807, 2.05) is 0 Å². The predicted molar refractivity (Wildman–Crippen MR) is 64.4 cm³/mol. The fraction of sp³-hybridized carbons (Fsp3) is 0.636. The van der Waals surface area contributed by atoms with Gasteiger partial charge >= 0.3 is 27.6 Å². The number of hydrogen-bond donors (Lipinski definition) is 0. The number of rotatable bonds is 4. The minimum atomic E-state index is -5.83. The fourth-order valence-electron chi connectivity index (χ4n) is 1.93. The average Bonchev–Trinajstić information content (AvgIpc) is 2.43. The molecule has 1 aliphatic rings. The van der Waals surface area contributed by atoms with Crippen molar-refractivity contribution in [1.29, 1.82) is 0 Å². The second-order valence-corrected chi connectivity index (χ2v) is 5.89. The summed E-state index contributed by atoms with van der Waals surface area (Å²) in [4.78, 5) is 23.2. The number of esters is 2. The second-order valence-electron chi connectivity index (χ2n) is 4.35. The number of carbonyl (C=O) groups is 2. The van der Waals surface area contributed by atoms with E-state index in [1.54, 1.807) is 0 Å². The third-order valence-corrected chi connectivity index (χ3v) is 4.01. The van der Waals surface area contributed by atoms with Gasteiger partial charge in [-0.1, -0.05) is 0 Å². The van der Waals surface area contributed by atoms with Crippen LogP contribution >= 0.6 is 0 Å². The normalized spacial score (nSPS) is 22.5. The highest BCUT2D eigenvalue weighted by atomic mass is 32.2. The number of allylic oxidation sites excluding steroid dienone is 2. The lowest BCUT2D eigenvalue weighted by atomic mass is 9.82. The molecule has 1 rings (SSSR count). The van der Waals surface area contributed by atoms with Crippen LogP contribution in [0.3, 0.4) is 0 Å². The lowest BCUT2D eigenvalue weighted by Crippen LogP contribution is -2.35. The molecule has 0 aromatic carbocycles. The lowest BCUT2D eigenvalue weighted by molar-refractivity contribution is -0.158. The van der Waals surface area contributed by atoms with Gasteiger partial charge in [-0.15, -0.1) is 0 Å². The van der Waals surface area contributed by atoms with Crippen molar-refractivity contribution >= 4 is 22.1 Å². The molecule has 0 bridgehead atoms. The van der Waals surface area contributed by atoms with E-state index >= 15 is 0 Å². The molecule has 2 atom stereocenters. The molecule has 0 fully saturated rings. The zero-order chi connectivity index (χ0) is 17.1. The highest BCUT2D eigenvalue weighted by Gasteiger charge is 2.50. The predicted octanol–water partition coefficient (Wildman–Crippen LogP) is 1.11. The number of hydrogen-bond acceptors (Lipinski definition) is 7. The minimum absolute atomic E-state index is 0.213. The van der Waals surface area contributed by atoms with Crippen molar-refractivity contribution in [3.63, 3.8) is 0 Å². The topological polar surface area (TPSA) is 96.0 Å². The van der Waals surface area contributed by atoms with E-state index in [-0.39, 0.29) is 6.42 Å². The molecule has 0 N–H and O–H groups in total. The van der Waals surface area contributed by atoms with Gasteiger partial charge in [0, 0.05) is 6.42 Å². The largest absolute Gasteiger partial charge is 0.534 e. The van der Waals surface area contributed by atoms with Crippen LogP contribution < -0.4 is 0 Å². The van der Waals surface area contributed by atoms with Gasteiger partial charge in [0.05, 0.1) is 26.1 Å². The average molecular weight is 346 g/mol. The molecular formula is C11H13F3O7S. The molecule has 0 saturated carbocycles. The van der Waals surface area contributed by atoms with Crippen LogP contribution in [0.4, 0.5) is 13.2 Å². The maximum Gasteiger partial charge on any atom is 0.534 e. The van der Waals surface area contributed by atoms with E-state index in [2.05, 4.69) is 13.7 Å². The van der Waals surface area contributed by atoms with E-state index in [0.29, 0.717) is 0 Å². The van der Waals surface area contributed by atoms with E-state index in [1.165, 1.54) is 0 Å². The third-order valence-electron chi connectivity index (χ3n) is 3.01. The van der Waals surface area contributed by atoms with Gasteiger partial charge in [-0.25, -0.2) is 0 Å². The zero-order valence-electron chi connectivity index (χ0n) is 11.5. The van der Waals surface area contributed by atoms with Crippen molar-refractivity contribution < 1.29 is 44.8 Å². The minimum Gasteiger partial charge on any atom is -0.469 e. The molecule has 1 aliphatic carbocycles. The van der Waals surface area contributed by atoms with Crippen LogP contribution in [0.2, 0.25) is 0 Å². The lowest BCUT2D eigenvalue weighted by Gasteiger charge is -2.27. The highest BCUT2D eigenvalue weighted by Crippen LogP contribution is 2.35. The molecular weight excluding hydrogens is 333 g/mol. The fourth-order valence-corrected chi connectivity index (χ4v) is 2.44. The Hall–Kier alpha value is -1.78. The Morgan fingerprint density at radius 1 is 1.14 bits per heavy atom. The summed E-state index contributed by atoms with van der Waals surface area (Å²) >= 11 is 0. The number of halogens is 3. The van der Waals surface area contributed by atoms with Crippen LogP contribution in [0.1, 0.15) is 12.8 Å². The maximum absolute atomic E-state index is 12.3. The summed E-state index contributed by atoms with van der Waals surface area (Å²) in [7, 11) is -3.72. The van der Waals surface area contributed by atoms with Crippen molar-refractivity contribution in [2.45, 2.75) is 18.3 Å². The van der Waals surface area contributed by atoms with Crippen LogP contribution in [0.25, 0.3) is 0 Å². The quantitative estimate of drug-likeness (QED) is 0.427. The van der Waals surface area contributed by atoms with Gasteiger partial charge in [0.1, 0.15) is 5.76 Å². The summed E-state index contributed by atoms with van der Waals surface area (Å²) in [5.74, 6) is -4.40. The Balaban J connectivity index is 3.01. The summed E-state index contributed by atoms with van der Waals surface area (Å²) in [6.07, 6.45) is 0.265. The number of carbonyl (C=O) groups excluding carboxylic acids is 2. The highest BCUT2D eigenvalue weighted by molar-refractivity contribution is 7.87. The van der Waals surface area contributed by atoms with Crippen LogP contribution in [0.15, 0.2) is 11.8 Å². The zero-order valence-corrected chi connectivity index (χ0v) is 12.4. The van der Waals surface area contributed by atoms with Crippen molar-refractivity contribution in [1.82, 2.24) is 0 Å². The SMILES string of the molecule is COC(=O)C1CC=C(OS(=O)(=O)C(F)(F)F)CC1C(=O)OC. The van der Waals surface area contributed by atoms with Gasteiger partial charge < -0.3 is 13.7 Å².